The number of benzene rings is 5. The summed E-state index contributed by atoms with van der Waals surface area (Å²) < 4.78 is 0. The lowest BCUT2D eigenvalue weighted by molar-refractivity contribution is 1.07. The highest BCUT2D eigenvalue weighted by molar-refractivity contribution is 5.82. The van der Waals surface area contributed by atoms with Gasteiger partial charge in [-0.05, 0) is 78.6 Å². The summed E-state index contributed by atoms with van der Waals surface area (Å²) in [6, 6.07) is 52.3. The van der Waals surface area contributed by atoms with Crippen LogP contribution in [0, 0.1) is 13.8 Å². The summed E-state index contributed by atoms with van der Waals surface area (Å²) in [5.41, 5.74) is 13.5. The Balaban J connectivity index is 1.28. The molecule has 0 aliphatic rings. The van der Waals surface area contributed by atoms with E-state index in [2.05, 4.69) is 139 Å². The van der Waals surface area contributed by atoms with Crippen LogP contribution >= 0.6 is 0 Å². The van der Waals surface area contributed by atoms with Gasteiger partial charge in [-0.25, -0.2) is 15.0 Å². The molecule has 0 N–H and O–H groups in total. The standard InChI is InChI=1S/C45H33N5/c1-30-9-13-36(14-10-30)43-48-44(37-15-11-31(2)12-16-37)50-45(49-43)40-28-38(32-17-21-34(22-18-32)41-7-3-5-25-46-41)27-39(29-40)33-19-23-35(24-20-33)42-8-4-6-26-47-42/h3-29H,1-2H3. The molecule has 0 radical (unpaired) electrons. The highest BCUT2D eigenvalue weighted by Crippen LogP contribution is 2.35. The van der Waals surface area contributed by atoms with Crippen LogP contribution in [0.4, 0.5) is 0 Å². The molecule has 0 unspecified atom stereocenters. The SMILES string of the molecule is Cc1ccc(-c2nc(-c3ccc(C)cc3)nc(-c3cc(-c4ccc(-c5ccccn5)cc4)cc(-c4ccc(-c5ccccn5)cc4)c3)n2)cc1. The Morgan fingerprint density at radius 1 is 0.300 bits per heavy atom. The van der Waals surface area contributed by atoms with E-state index >= 15 is 0 Å². The van der Waals surface area contributed by atoms with Crippen LogP contribution < -0.4 is 0 Å². The fraction of sp³-hybridized carbons (Fsp3) is 0.0444. The van der Waals surface area contributed by atoms with Crippen LogP contribution in [0.5, 0.6) is 0 Å². The van der Waals surface area contributed by atoms with E-state index in [0.29, 0.717) is 17.5 Å². The smallest absolute Gasteiger partial charge is 0.164 e. The van der Waals surface area contributed by atoms with Crippen LogP contribution in [0.25, 0.3) is 78.9 Å². The molecule has 50 heavy (non-hydrogen) atoms. The first-order valence-corrected chi connectivity index (χ1v) is 16.7. The topological polar surface area (TPSA) is 64.5 Å². The maximum absolute atomic E-state index is 5.09. The summed E-state index contributed by atoms with van der Waals surface area (Å²) in [7, 11) is 0. The van der Waals surface area contributed by atoms with Gasteiger partial charge in [0, 0.05) is 40.2 Å². The van der Waals surface area contributed by atoms with E-state index in [1.807, 2.05) is 48.8 Å². The third-order valence-electron chi connectivity index (χ3n) is 8.80. The van der Waals surface area contributed by atoms with Crippen molar-refractivity contribution < 1.29 is 0 Å². The fourth-order valence-electron chi connectivity index (χ4n) is 5.99. The Morgan fingerprint density at radius 3 is 1.02 bits per heavy atom. The van der Waals surface area contributed by atoms with Gasteiger partial charge in [0.15, 0.2) is 17.5 Å². The van der Waals surface area contributed by atoms with Gasteiger partial charge in [-0.2, -0.15) is 0 Å². The number of nitrogens with zero attached hydrogens (tertiary/aromatic N) is 5. The average Bonchev–Trinajstić information content (AvgIpc) is 3.19. The van der Waals surface area contributed by atoms with Crippen molar-refractivity contribution in [2.24, 2.45) is 0 Å². The summed E-state index contributed by atoms with van der Waals surface area (Å²) >= 11 is 0. The third kappa shape index (κ3) is 6.58. The molecule has 0 bridgehead atoms. The van der Waals surface area contributed by atoms with Crippen LogP contribution in [0.15, 0.2) is 164 Å². The maximum atomic E-state index is 5.09. The van der Waals surface area contributed by atoms with E-state index in [9.17, 15) is 0 Å². The third-order valence-corrected chi connectivity index (χ3v) is 8.80. The predicted molar refractivity (Wildman–Crippen MR) is 203 cm³/mol. The van der Waals surface area contributed by atoms with Crippen molar-refractivity contribution in [1.82, 2.24) is 24.9 Å². The quantitative estimate of drug-likeness (QED) is 0.173. The molecular weight excluding hydrogens is 611 g/mol. The van der Waals surface area contributed by atoms with E-state index in [4.69, 9.17) is 15.0 Å². The molecule has 5 aromatic carbocycles. The highest BCUT2D eigenvalue weighted by atomic mass is 15.0. The average molecular weight is 644 g/mol. The lowest BCUT2D eigenvalue weighted by Gasteiger charge is -2.13. The van der Waals surface area contributed by atoms with Crippen LogP contribution in [0.3, 0.4) is 0 Å². The zero-order valence-corrected chi connectivity index (χ0v) is 27.8. The second-order valence-electron chi connectivity index (χ2n) is 12.4. The Bertz CT molecular complexity index is 2220. The molecule has 0 saturated carbocycles. The zero-order chi connectivity index (χ0) is 33.9. The molecule has 0 fully saturated rings. The number of hydrogen-bond donors (Lipinski definition) is 0. The molecule has 8 aromatic rings. The number of hydrogen-bond acceptors (Lipinski definition) is 5. The van der Waals surface area contributed by atoms with Crippen molar-refractivity contribution in [1.29, 1.82) is 0 Å². The van der Waals surface area contributed by atoms with E-state index in [-0.39, 0.29) is 0 Å². The molecule has 8 rings (SSSR count). The van der Waals surface area contributed by atoms with E-state index in [0.717, 1.165) is 61.5 Å². The van der Waals surface area contributed by atoms with Crippen LogP contribution in [0.2, 0.25) is 0 Å². The van der Waals surface area contributed by atoms with Crippen LogP contribution in [0.1, 0.15) is 11.1 Å². The van der Waals surface area contributed by atoms with Crippen molar-refractivity contribution in [3.05, 3.63) is 175 Å². The Kier molecular flexibility index (Phi) is 8.29. The molecule has 3 heterocycles. The summed E-state index contributed by atoms with van der Waals surface area (Å²) in [5, 5.41) is 0. The number of rotatable bonds is 7. The summed E-state index contributed by atoms with van der Waals surface area (Å²) in [6.07, 6.45) is 3.64. The van der Waals surface area contributed by atoms with E-state index in [1.54, 1.807) is 0 Å². The van der Waals surface area contributed by atoms with Crippen molar-refractivity contribution in [2.45, 2.75) is 13.8 Å². The molecule has 0 aliphatic heterocycles. The van der Waals surface area contributed by atoms with Crippen LogP contribution in [-0.4, -0.2) is 24.9 Å². The first-order valence-electron chi connectivity index (χ1n) is 16.7. The van der Waals surface area contributed by atoms with Crippen LogP contribution in [-0.2, 0) is 0 Å². The van der Waals surface area contributed by atoms with Gasteiger partial charge < -0.3 is 0 Å². The number of aryl methyl sites for hydroxylation is 2. The predicted octanol–water partition coefficient (Wildman–Crippen LogP) is 10.9. The summed E-state index contributed by atoms with van der Waals surface area (Å²) in [5.74, 6) is 1.89. The van der Waals surface area contributed by atoms with Crippen molar-refractivity contribution in [2.75, 3.05) is 0 Å². The number of pyridine rings is 2. The molecule has 0 atom stereocenters. The van der Waals surface area contributed by atoms with Gasteiger partial charge in [0.2, 0.25) is 0 Å². The summed E-state index contributed by atoms with van der Waals surface area (Å²) in [6.45, 7) is 4.17. The van der Waals surface area contributed by atoms with Crippen molar-refractivity contribution >= 4 is 0 Å². The molecule has 5 heteroatoms. The minimum Gasteiger partial charge on any atom is -0.256 e. The molecule has 0 saturated heterocycles. The summed E-state index contributed by atoms with van der Waals surface area (Å²) in [4.78, 5) is 24.2. The lowest BCUT2D eigenvalue weighted by Crippen LogP contribution is -2.00. The second kappa shape index (κ2) is 13.5. The van der Waals surface area contributed by atoms with Gasteiger partial charge in [0.1, 0.15) is 0 Å². The van der Waals surface area contributed by atoms with Crippen molar-refractivity contribution in [3.63, 3.8) is 0 Å². The minimum atomic E-state index is 0.615. The van der Waals surface area contributed by atoms with Gasteiger partial charge in [-0.15, -0.1) is 0 Å². The molecule has 0 aliphatic carbocycles. The molecule has 238 valence electrons. The molecule has 0 spiro atoms. The van der Waals surface area contributed by atoms with Gasteiger partial charge in [0.25, 0.3) is 0 Å². The van der Waals surface area contributed by atoms with Crippen molar-refractivity contribution in [3.8, 4) is 78.9 Å². The Morgan fingerprint density at radius 2 is 0.640 bits per heavy atom. The van der Waals surface area contributed by atoms with Gasteiger partial charge >= 0.3 is 0 Å². The Labute approximate surface area is 292 Å². The van der Waals surface area contributed by atoms with E-state index < -0.39 is 0 Å². The van der Waals surface area contributed by atoms with Gasteiger partial charge in [0.05, 0.1) is 11.4 Å². The molecule has 3 aromatic heterocycles. The molecule has 0 amide bonds. The van der Waals surface area contributed by atoms with E-state index in [1.165, 1.54) is 11.1 Å². The first kappa shape index (κ1) is 30.7. The largest absolute Gasteiger partial charge is 0.256 e. The zero-order valence-electron chi connectivity index (χ0n) is 27.8. The van der Waals surface area contributed by atoms with Gasteiger partial charge in [-0.3, -0.25) is 9.97 Å². The highest BCUT2D eigenvalue weighted by Gasteiger charge is 2.15. The Hall–Kier alpha value is -6.59. The maximum Gasteiger partial charge on any atom is 0.164 e. The monoisotopic (exact) mass is 643 g/mol. The number of aromatic nitrogens is 5. The first-order chi connectivity index (χ1) is 24.6. The molecular formula is C45H33N5. The normalized spacial score (nSPS) is 11.0. The molecule has 5 nitrogen and oxygen atoms in total. The van der Waals surface area contributed by atoms with Gasteiger partial charge in [-0.1, -0.05) is 120 Å². The lowest BCUT2D eigenvalue weighted by atomic mass is 9.94. The minimum absolute atomic E-state index is 0.615. The fourth-order valence-corrected chi connectivity index (χ4v) is 5.99. The second-order valence-corrected chi connectivity index (χ2v) is 12.4.